The number of nitrogens with zero attached hydrogens (tertiary/aromatic N) is 1. The van der Waals surface area contributed by atoms with E-state index >= 15 is 0 Å². The second-order valence-electron chi connectivity index (χ2n) is 6.06. The molecule has 26 heavy (non-hydrogen) atoms. The van der Waals surface area contributed by atoms with E-state index in [2.05, 4.69) is 19.2 Å². The third-order valence-electron chi connectivity index (χ3n) is 3.92. The molecule has 140 valence electrons. The fraction of sp³-hybridized carbons (Fsp3) is 0.278. The van der Waals surface area contributed by atoms with E-state index in [-0.39, 0.29) is 41.3 Å². The third kappa shape index (κ3) is 5.42. The number of carbonyl (C=O) groups is 1. The van der Waals surface area contributed by atoms with Crippen LogP contribution in [0.5, 0.6) is 0 Å². The molecule has 0 bridgehead atoms. The summed E-state index contributed by atoms with van der Waals surface area (Å²) in [4.78, 5) is 22.3. The number of carbonyl (C=O) groups excluding carboxylic acids is 1. The molecule has 1 unspecified atom stereocenters. The fourth-order valence-electron chi connectivity index (χ4n) is 2.35. The average Bonchev–Trinajstić information content (AvgIpc) is 2.59. The molecule has 2 aromatic carbocycles. The first-order chi connectivity index (χ1) is 11.8. The van der Waals surface area contributed by atoms with Crippen LogP contribution in [-0.2, 0) is 0 Å². The Hall–Kier alpha value is -2.15. The van der Waals surface area contributed by atoms with Crippen molar-refractivity contribution >= 4 is 35.6 Å². The summed E-state index contributed by atoms with van der Waals surface area (Å²) in [5.41, 5.74) is 8.26. The predicted molar refractivity (Wildman–Crippen MR) is 105 cm³/mol. The topological polar surface area (TPSA) is 98.3 Å². The summed E-state index contributed by atoms with van der Waals surface area (Å²) in [5.74, 6) is 0.0170. The predicted octanol–water partition coefficient (Wildman–Crippen LogP) is 4.22. The van der Waals surface area contributed by atoms with Crippen LogP contribution < -0.4 is 11.1 Å². The normalized spacial score (nSPS) is 11.6. The summed E-state index contributed by atoms with van der Waals surface area (Å²) in [6, 6.07) is 11.3. The fourth-order valence-corrected chi connectivity index (χ4v) is 2.61. The summed E-state index contributed by atoms with van der Waals surface area (Å²) < 4.78 is 0. The van der Waals surface area contributed by atoms with Crippen molar-refractivity contribution in [3.8, 4) is 0 Å². The molecule has 2 aromatic rings. The van der Waals surface area contributed by atoms with Gasteiger partial charge in [0.05, 0.1) is 15.5 Å². The Labute approximate surface area is 163 Å². The second kappa shape index (κ2) is 9.52. The lowest BCUT2D eigenvalue weighted by Gasteiger charge is -2.15. The number of halogens is 2. The van der Waals surface area contributed by atoms with E-state index in [0.717, 1.165) is 11.6 Å². The molecule has 0 heterocycles. The molecule has 0 saturated carbocycles. The number of rotatable bonds is 6. The number of hydrogen-bond acceptors (Lipinski definition) is 4. The van der Waals surface area contributed by atoms with Crippen LogP contribution in [0.2, 0.25) is 5.02 Å². The maximum absolute atomic E-state index is 12.2. The highest BCUT2D eigenvalue weighted by Gasteiger charge is 2.16. The molecule has 0 aliphatic heterocycles. The van der Waals surface area contributed by atoms with Gasteiger partial charge in [-0.1, -0.05) is 49.7 Å². The van der Waals surface area contributed by atoms with E-state index < -0.39 is 10.8 Å². The molecule has 1 amide bonds. The van der Waals surface area contributed by atoms with Gasteiger partial charge in [0.25, 0.3) is 11.6 Å². The number of hydrogen-bond donors (Lipinski definition) is 2. The van der Waals surface area contributed by atoms with Gasteiger partial charge in [0, 0.05) is 24.7 Å². The van der Waals surface area contributed by atoms with Gasteiger partial charge in [-0.25, -0.2) is 0 Å². The van der Waals surface area contributed by atoms with Crippen molar-refractivity contribution in [2.24, 2.45) is 5.73 Å². The van der Waals surface area contributed by atoms with E-state index in [1.54, 1.807) is 0 Å². The maximum Gasteiger partial charge on any atom is 0.270 e. The van der Waals surface area contributed by atoms with E-state index in [1.807, 2.05) is 24.3 Å². The van der Waals surface area contributed by atoms with Crippen molar-refractivity contribution in [2.45, 2.75) is 25.8 Å². The van der Waals surface area contributed by atoms with Crippen molar-refractivity contribution in [1.29, 1.82) is 0 Å². The van der Waals surface area contributed by atoms with Gasteiger partial charge in [0.1, 0.15) is 0 Å². The molecule has 2 rings (SSSR count). The van der Waals surface area contributed by atoms with Gasteiger partial charge in [0.2, 0.25) is 0 Å². The largest absolute Gasteiger partial charge is 0.350 e. The number of nitrogens with two attached hydrogens (primary N) is 1. The molecule has 0 aromatic heterocycles. The van der Waals surface area contributed by atoms with Crippen molar-refractivity contribution in [1.82, 2.24) is 5.32 Å². The van der Waals surface area contributed by atoms with E-state index in [0.29, 0.717) is 5.92 Å². The third-order valence-corrected chi connectivity index (χ3v) is 4.23. The molecule has 6 nitrogen and oxygen atoms in total. The Morgan fingerprint density at radius 1 is 1.19 bits per heavy atom. The van der Waals surface area contributed by atoms with Crippen LogP contribution in [-0.4, -0.2) is 17.4 Å². The van der Waals surface area contributed by atoms with Crippen molar-refractivity contribution in [2.75, 3.05) is 6.54 Å². The number of non-ortho nitro benzene ring substituents is 1. The average molecular weight is 398 g/mol. The SMILES string of the molecule is CC(C)c1ccc(C(N)CNC(=O)c2ccc([N+](=O)[O-])cc2Cl)cc1.Cl. The van der Waals surface area contributed by atoms with Crippen molar-refractivity contribution in [3.63, 3.8) is 0 Å². The van der Waals surface area contributed by atoms with Gasteiger partial charge < -0.3 is 11.1 Å². The molecule has 0 aliphatic carbocycles. The Kier molecular flexibility index (Phi) is 8.02. The monoisotopic (exact) mass is 397 g/mol. The van der Waals surface area contributed by atoms with Crippen LogP contribution in [0.25, 0.3) is 0 Å². The summed E-state index contributed by atoms with van der Waals surface area (Å²) in [6.07, 6.45) is 0. The molecular formula is C18H21Cl2N3O3. The van der Waals surface area contributed by atoms with Gasteiger partial charge in [-0.3, -0.25) is 14.9 Å². The van der Waals surface area contributed by atoms with E-state index in [1.165, 1.54) is 17.7 Å². The Balaban J connectivity index is 0.00000338. The first-order valence-corrected chi connectivity index (χ1v) is 8.25. The minimum Gasteiger partial charge on any atom is -0.350 e. The lowest BCUT2D eigenvalue weighted by molar-refractivity contribution is -0.384. The molecule has 0 saturated heterocycles. The number of nitrogens with one attached hydrogen (secondary N) is 1. The Morgan fingerprint density at radius 2 is 1.77 bits per heavy atom. The summed E-state index contributed by atoms with van der Waals surface area (Å²) in [5, 5.41) is 13.4. The van der Waals surface area contributed by atoms with E-state index in [9.17, 15) is 14.9 Å². The number of nitro groups is 1. The van der Waals surface area contributed by atoms with Gasteiger partial charge in [0.15, 0.2) is 0 Å². The number of benzene rings is 2. The van der Waals surface area contributed by atoms with Gasteiger partial charge in [-0.05, 0) is 23.1 Å². The van der Waals surface area contributed by atoms with E-state index in [4.69, 9.17) is 17.3 Å². The number of amides is 1. The second-order valence-corrected chi connectivity index (χ2v) is 6.47. The van der Waals surface area contributed by atoms with Crippen molar-refractivity contribution < 1.29 is 9.72 Å². The molecular weight excluding hydrogens is 377 g/mol. The molecule has 1 atom stereocenters. The highest BCUT2D eigenvalue weighted by molar-refractivity contribution is 6.34. The molecule has 3 N–H and O–H groups in total. The molecule has 0 aliphatic rings. The van der Waals surface area contributed by atoms with Crippen molar-refractivity contribution in [3.05, 3.63) is 74.3 Å². The molecule has 0 fully saturated rings. The van der Waals surface area contributed by atoms with Crippen LogP contribution in [0.3, 0.4) is 0 Å². The lowest BCUT2D eigenvalue weighted by atomic mass is 9.99. The molecule has 8 heteroatoms. The zero-order valence-corrected chi connectivity index (χ0v) is 16.0. The lowest BCUT2D eigenvalue weighted by Crippen LogP contribution is -2.32. The Morgan fingerprint density at radius 3 is 2.27 bits per heavy atom. The van der Waals surface area contributed by atoms with Crippen LogP contribution in [0.4, 0.5) is 5.69 Å². The highest BCUT2D eigenvalue weighted by atomic mass is 35.5. The van der Waals surface area contributed by atoms with Crippen LogP contribution in [0, 0.1) is 10.1 Å². The van der Waals surface area contributed by atoms with Gasteiger partial charge in [-0.2, -0.15) is 0 Å². The minimum atomic E-state index is -0.565. The zero-order chi connectivity index (χ0) is 18.6. The first kappa shape index (κ1) is 21.9. The minimum absolute atomic E-state index is 0. The zero-order valence-electron chi connectivity index (χ0n) is 14.4. The van der Waals surface area contributed by atoms with Gasteiger partial charge >= 0.3 is 0 Å². The quantitative estimate of drug-likeness (QED) is 0.562. The molecule has 0 radical (unpaired) electrons. The smallest absolute Gasteiger partial charge is 0.270 e. The van der Waals surface area contributed by atoms with Crippen LogP contribution in [0.1, 0.15) is 47.3 Å². The first-order valence-electron chi connectivity index (χ1n) is 7.87. The number of nitro benzene ring substituents is 1. The van der Waals surface area contributed by atoms with Crippen LogP contribution in [0.15, 0.2) is 42.5 Å². The van der Waals surface area contributed by atoms with Crippen LogP contribution >= 0.6 is 24.0 Å². The summed E-state index contributed by atoms with van der Waals surface area (Å²) in [7, 11) is 0. The molecule has 0 spiro atoms. The highest BCUT2D eigenvalue weighted by Crippen LogP contribution is 2.22. The maximum atomic E-state index is 12.2. The summed E-state index contributed by atoms with van der Waals surface area (Å²) in [6.45, 7) is 4.46. The standard InChI is InChI=1S/C18H20ClN3O3.ClH/c1-11(2)12-3-5-13(6-4-12)17(20)10-21-18(23)15-8-7-14(22(24)25)9-16(15)19;/h3-9,11,17H,10,20H2,1-2H3,(H,21,23);1H. The Bertz CT molecular complexity index is 780. The summed E-state index contributed by atoms with van der Waals surface area (Å²) >= 11 is 5.95. The van der Waals surface area contributed by atoms with Gasteiger partial charge in [-0.15, -0.1) is 12.4 Å².